The van der Waals surface area contributed by atoms with Crippen molar-refractivity contribution in [3.63, 3.8) is 0 Å². The van der Waals surface area contributed by atoms with Crippen molar-refractivity contribution in [2.24, 2.45) is 0 Å². The molecule has 5 heteroatoms. The molecule has 0 aliphatic carbocycles. The molecule has 0 saturated carbocycles. The van der Waals surface area contributed by atoms with E-state index in [0.717, 1.165) is 24.0 Å². The summed E-state index contributed by atoms with van der Waals surface area (Å²) < 4.78 is 14.2. The summed E-state index contributed by atoms with van der Waals surface area (Å²) >= 11 is 0. The van der Waals surface area contributed by atoms with Gasteiger partial charge in [-0.15, -0.1) is 0 Å². The Morgan fingerprint density at radius 2 is 1.89 bits per heavy atom. The van der Waals surface area contributed by atoms with Crippen molar-refractivity contribution in [2.75, 3.05) is 6.54 Å². The molecule has 0 spiro atoms. The van der Waals surface area contributed by atoms with Crippen molar-refractivity contribution >= 4 is 11.8 Å². The lowest BCUT2D eigenvalue weighted by Gasteiger charge is -2.29. The number of hydrogen-bond acceptors (Lipinski definition) is 2. The minimum Gasteiger partial charge on any atom is -0.354 e. The van der Waals surface area contributed by atoms with Crippen LogP contribution >= 0.6 is 0 Å². The van der Waals surface area contributed by atoms with Gasteiger partial charge in [0.15, 0.2) is 0 Å². The van der Waals surface area contributed by atoms with Crippen LogP contribution in [0.5, 0.6) is 0 Å². The van der Waals surface area contributed by atoms with E-state index in [9.17, 15) is 14.0 Å². The number of aryl methyl sites for hydroxylation is 1. The Hall–Kier alpha value is -2.69. The molecule has 28 heavy (non-hydrogen) atoms. The van der Waals surface area contributed by atoms with Gasteiger partial charge in [-0.2, -0.15) is 0 Å². The molecule has 4 nitrogen and oxygen atoms in total. The third kappa shape index (κ3) is 6.19. The molecule has 1 N–H and O–H groups in total. The Morgan fingerprint density at radius 1 is 1.14 bits per heavy atom. The van der Waals surface area contributed by atoms with Crippen molar-refractivity contribution < 1.29 is 14.0 Å². The molecule has 2 aromatic rings. The van der Waals surface area contributed by atoms with Crippen molar-refractivity contribution in [3.8, 4) is 0 Å². The smallest absolute Gasteiger partial charge is 0.242 e. The highest BCUT2D eigenvalue weighted by Gasteiger charge is 2.26. The fraction of sp³-hybridized carbons (Fsp3) is 0.391. The second kappa shape index (κ2) is 10.6. The molecular formula is C23H29FN2O2. The van der Waals surface area contributed by atoms with Crippen LogP contribution in [0.1, 0.15) is 43.4 Å². The van der Waals surface area contributed by atoms with Gasteiger partial charge in [0.05, 0.1) is 6.42 Å². The number of halogens is 1. The summed E-state index contributed by atoms with van der Waals surface area (Å²) in [5.74, 6) is -0.802. The maximum absolute atomic E-state index is 14.2. The molecule has 1 atom stereocenters. The first kappa shape index (κ1) is 21.6. The lowest BCUT2D eigenvalue weighted by atomic mass is 10.1. The standard InChI is InChI=1S/C23H29FN2O2/c1-4-5-13-25-23(28)18(3)26(16-20-11-6-7-12-21(20)24)22(27)15-19-10-8-9-17(2)14-19/h6-12,14,18H,4-5,13,15-16H2,1-3H3,(H,25,28)/t18-/m0/s1. The zero-order valence-corrected chi connectivity index (χ0v) is 16.9. The average molecular weight is 384 g/mol. The Morgan fingerprint density at radius 3 is 2.57 bits per heavy atom. The monoisotopic (exact) mass is 384 g/mol. The number of nitrogens with zero attached hydrogens (tertiary/aromatic N) is 1. The molecule has 0 fully saturated rings. The van der Waals surface area contributed by atoms with E-state index in [-0.39, 0.29) is 30.6 Å². The second-order valence-corrected chi connectivity index (χ2v) is 7.10. The molecule has 0 radical (unpaired) electrons. The Kier molecular flexibility index (Phi) is 8.18. The van der Waals surface area contributed by atoms with E-state index in [0.29, 0.717) is 12.1 Å². The topological polar surface area (TPSA) is 49.4 Å². The van der Waals surface area contributed by atoms with E-state index in [2.05, 4.69) is 5.32 Å². The second-order valence-electron chi connectivity index (χ2n) is 7.10. The van der Waals surface area contributed by atoms with Crippen LogP contribution in [0.2, 0.25) is 0 Å². The van der Waals surface area contributed by atoms with Gasteiger partial charge in [-0.25, -0.2) is 4.39 Å². The third-order valence-electron chi connectivity index (χ3n) is 4.73. The molecule has 0 heterocycles. The predicted molar refractivity (Wildman–Crippen MR) is 109 cm³/mol. The molecule has 2 amide bonds. The largest absolute Gasteiger partial charge is 0.354 e. The van der Waals surface area contributed by atoms with Crippen LogP contribution in [0.4, 0.5) is 4.39 Å². The zero-order chi connectivity index (χ0) is 20.5. The quantitative estimate of drug-likeness (QED) is 0.664. The molecule has 0 aliphatic rings. The first-order chi connectivity index (χ1) is 13.4. The number of unbranched alkanes of at least 4 members (excludes halogenated alkanes) is 1. The summed E-state index contributed by atoms with van der Waals surface area (Å²) in [5, 5.41) is 2.87. The molecule has 2 aromatic carbocycles. The summed E-state index contributed by atoms with van der Waals surface area (Å²) in [4.78, 5) is 27.0. The Bertz CT molecular complexity index is 807. The number of nitrogens with one attached hydrogen (secondary N) is 1. The lowest BCUT2D eigenvalue weighted by molar-refractivity contribution is -0.140. The van der Waals surface area contributed by atoms with Crippen molar-refractivity contribution in [1.82, 2.24) is 10.2 Å². The van der Waals surface area contributed by atoms with Gasteiger partial charge in [0.25, 0.3) is 0 Å². The maximum atomic E-state index is 14.2. The predicted octanol–water partition coefficient (Wildman–Crippen LogP) is 4.01. The maximum Gasteiger partial charge on any atom is 0.242 e. The lowest BCUT2D eigenvalue weighted by Crippen LogP contribution is -2.48. The summed E-state index contributed by atoms with van der Waals surface area (Å²) in [6.45, 7) is 6.33. The van der Waals surface area contributed by atoms with Crippen LogP contribution in [0.15, 0.2) is 48.5 Å². The summed E-state index contributed by atoms with van der Waals surface area (Å²) in [6, 6.07) is 13.4. The van der Waals surface area contributed by atoms with Gasteiger partial charge in [-0.1, -0.05) is 61.4 Å². The van der Waals surface area contributed by atoms with Gasteiger partial charge in [-0.3, -0.25) is 9.59 Å². The Labute approximate surface area is 166 Å². The van der Waals surface area contributed by atoms with E-state index in [4.69, 9.17) is 0 Å². The van der Waals surface area contributed by atoms with Crippen LogP contribution in [0, 0.1) is 12.7 Å². The summed E-state index contributed by atoms with van der Waals surface area (Å²) in [6.07, 6.45) is 2.02. The fourth-order valence-electron chi connectivity index (χ4n) is 3.03. The first-order valence-electron chi connectivity index (χ1n) is 9.78. The SMILES string of the molecule is CCCCNC(=O)[C@H](C)N(Cc1ccccc1F)C(=O)Cc1cccc(C)c1. The molecule has 0 bridgehead atoms. The van der Waals surface area contributed by atoms with Crippen LogP contribution < -0.4 is 5.32 Å². The third-order valence-corrected chi connectivity index (χ3v) is 4.73. The van der Waals surface area contributed by atoms with Crippen molar-refractivity contribution in [1.29, 1.82) is 0 Å². The molecule has 0 saturated heterocycles. The van der Waals surface area contributed by atoms with Gasteiger partial charge in [0, 0.05) is 18.7 Å². The molecule has 150 valence electrons. The van der Waals surface area contributed by atoms with E-state index >= 15 is 0 Å². The number of rotatable bonds is 9. The fourth-order valence-corrected chi connectivity index (χ4v) is 3.03. The molecular weight excluding hydrogens is 355 g/mol. The van der Waals surface area contributed by atoms with E-state index in [1.54, 1.807) is 25.1 Å². The minimum absolute atomic E-state index is 0.0552. The molecule has 0 aliphatic heterocycles. The molecule has 0 unspecified atom stereocenters. The summed E-state index contributed by atoms with van der Waals surface area (Å²) in [7, 11) is 0. The highest BCUT2D eigenvalue weighted by atomic mass is 19.1. The van der Waals surface area contributed by atoms with Crippen LogP contribution in [-0.4, -0.2) is 29.3 Å². The first-order valence-corrected chi connectivity index (χ1v) is 9.78. The van der Waals surface area contributed by atoms with Crippen LogP contribution in [-0.2, 0) is 22.6 Å². The summed E-state index contributed by atoms with van der Waals surface area (Å²) in [5.41, 5.74) is 2.34. The van der Waals surface area contributed by atoms with E-state index < -0.39 is 6.04 Å². The van der Waals surface area contributed by atoms with Crippen LogP contribution in [0.25, 0.3) is 0 Å². The molecule has 2 rings (SSSR count). The van der Waals surface area contributed by atoms with E-state index in [1.165, 1.54) is 11.0 Å². The van der Waals surface area contributed by atoms with Gasteiger partial charge in [-0.05, 0) is 31.9 Å². The number of carbonyl (C=O) groups is 2. The van der Waals surface area contributed by atoms with Crippen molar-refractivity contribution in [2.45, 2.75) is 52.6 Å². The van der Waals surface area contributed by atoms with Crippen molar-refractivity contribution in [3.05, 3.63) is 71.0 Å². The average Bonchev–Trinajstić information content (AvgIpc) is 2.67. The normalized spacial score (nSPS) is 11.7. The number of benzene rings is 2. The Balaban J connectivity index is 2.20. The number of amides is 2. The molecule has 0 aromatic heterocycles. The van der Waals surface area contributed by atoms with Crippen LogP contribution in [0.3, 0.4) is 0 Å². The van der Waals surface area contributed by atoms with Gasteiger partial charge >= 0.3 is 0 Å². The number of hydrogen-bond donors (Lipinski definition) is 1. The van der Waals surface area contributed by atoms with Gasteiger partial charge < -0.3 is 10.2 Å². The highest BCUT2D eigenvalue weighted by molar-refractivity contribution is 5.88. The van der Waals surface area contributed by atoms with Gasteiger partial charge in [0.1, 0.15) is 11.9 Å². The highest BCUT2D eigenvalue weighted by Crippen LogP contribution is 2.15. The zero-order valence-electron chi connectivity index (χ0n) is 16.9. The number of carbonyl (C=O) groups excluding carboxylic acids is 2. The van der Waals surface area contributed by atoms with Gasteiger partial charge in [0.2, 0.25) is 11.8 Å². The van der Waals surface area contributed by atoms with E-state index in [1.807, 2.05) is 38.1 Å². The minimum atomic E-state index is -0.686.